The van der Waals surface area contributed by atoms with Crippen molar-refractivity contribution in [3.63, 3.8) is 0 Å². The lowest BCUT2D eigenvalue weighted by Crippen LogP contribution is -2.03. The number of methoxy groups -OCH3 is 1. The highest BCUT2D eigenvalue weighted by atomic mass is 16.5. The molecule has 0 bridgehead atoms. The van der Waals surface area contributed by atoms with Crippen LogP contribution in [0, 0.1) is 48.5 Å². The number of fused-ring (bicyclic) bond motifs is 2. The molecule has 450 valence electrons. The quantitative estimate of drug-likeness (QED) is 0.137. The van der Waals surface area contributed by atoms with Gasteiger partial charge in [-0.3, -0.25) is 4.98 Å². The van der Waals surface area contributed by atoms with Gasteiger partial charge < -0.3 is 4.74 Å². The lowest BCUT2D eigenvalue weighted by Gasteiger charge is -2.13. The molecule has 9 aromatic carbocycles. The van der Waals surface area contributed by atoms with Crippen molar-refractivity contribution in [2.45, 2.75) is 55.1 Å². The number of rotatable bonds is 10. The molecule has 0 radical (unpaired) electrons. The predicted octanol–water partition coefficient (Wildman–Crippen LogP) is 15.5. The van der Waals surface area contributed by atoms with Gasteiger partial charge in [-0.05, 0) is 130 Å². The molecule has 0 atom stereocenters. The van der Waals surface area contributed by atoms with E-state index in [-0.39, 0.29) is 0 Å². The Balaban J connectivity index is 0.000000119. The number of nitrogens with one attached hydrogen (secondary N) is 1. The van der Waals surface area contributed by atoms with Gasteiger partial charge in [0.1, 0.15) is 11.4 Å². The van der Waals surface area contributed by atoms with E-state index in [1.807, 2.05) is 225 Å². The van der Waals surface area contributed by atoms with Gasteiger partial charge in [0.25, 0.3) is 0 Å². The third kappa shape index (κ3) is 13.9. The highest BCUT2D eigenvalue weighted by Crippen LogP contribution is 2.35. The average molecular weight is 1200 g/mol. The molecular weight excluding hydrogens is 1130 g/mol. The largest absolute Gasteiger partial charge is 0.378 e. The lowest BCUT2D eigenvalue weighted by atomic mass is 9.96. The third-order valence-electron chi connectivity index (χ3n) is 15.2. The minimum absolute atomic E-state index is 0.522. The fraction of sp³-hybridized carbons (Fsp3) is 0.122. The van der Waals surface area contributed by atoms with Gasteiger partial charge in [0.2, 0.25) is 0 Å². The Morgan fingerprint density at radius 3 is 1.34 bits per heavy atom. The molecule has 17 nitrogen and oxygen atoms in total. The van der Waals surface area contributed by atoms with Gasteiger partial charge in [0.15, 0.2) is 0 Å². The summed E-state index contributed by atoms with van der Waals surface area (Å²) in [7, 11) is 1.67. The van der Waals surface area contributed by atoms with Crippen molar-refractivity contribution in [1.82, 2.24) is 80.4 Å². The molecule has 6 aromatic heterocycles. The van der Waals surface area contributed by atoms with E-state index < -0.39 is 0 Å². The zero-order chi connectivity index (χ0) is 63.1. The van der Waals surface area contributed by atoms with Crippen molar-refractivity contribution in [3.05, 3.63) is 294 Å². The molecule has 17 heteroatoms. The lowest BCUT2D eigenvalue weighted by molar-refractivity contribution is 0.178. The number of ether oxygens (including phenoxy) is 1. The van der Waals surface area contributed by atoms with Crippen LogP contribution in [0.2, 0.25) is 0 Å². The van der Waals surface area contributed by atoms with Gasteiger partial charge in [-0.1, -0.05) is 209 Å². The second-order valence-electron chi connectivity index (χ2n) is 21.4. The maximum absolute atomic E-state index is 5.13. The molecule has 0 aliphatic rings. The number of H-pyrrole nitrogens is 1. The van der Waals surface area contributed by atoms with Crippen molar-refractivity contribution in [2.24, 2.45) is 0 Å². The molecule has 0 amide bonds. The number of hydrogen-bond acceptors (Lipinski definition) is 12. The van der Waals surface area contributed by atoms with Crippen LogP contribution in [-0.4, -0.2) is 87.5 Å². The molecule has 1 N–H and O–H groups in total. The highest BCUT2D eigenvalue weighted by Gasteiger charge is 2.20. The molecule has 6 heterocycles. The van der Waals surface area contributed by atoms with Crippen molar-refractivity contribution in [3.8, 4) is 67.9 Å². The van der Waals surface area contributed by atoms with Crippen LogP contribution in [0.1, 0.15) is 45.3 Å². The summed E-state index contributed by atoms with van der Waals surface area (Å²) in [6.07, 6.45) is 1.83. The molecule has 0 unspecified atom stereocenters. The van der Waals surface area contributed by atoms with Gasteiger partial charge in [-0.2, -0.15) is 15.4 Å². The molecule has 15 rings (SSSR count). The van der Waals surface area contributed by atoms with E-state index in [9.17, 15) is 0 Å². The number of aryl methyl sites for hydroxylation is 7. The van der Waals surface area contributed by atoms with E-state index in [1.165, 1.54) is 33.0 Å². The second kappa shape index (κ2) is 28.9. The molecule has 0 saturated heterocycles. The van der Waals surface area contributed by atoms with Crippen LogP contribution in [0.5, 0.6) is 0 Å². The molecule has 91 heavy (non-hydrogen) atoms. The SMILES string of the molecule is COCc1c(C)nnn1-c1ccccc1.Cc1ccc2ccccc2c1-c1c(C)nnn1-c1ccccc1.Cc1ccccc1-c1c(C)nnn1-c1ccccc1.Cc1n[nH]nc1-c1ccccc1.Cc1nnn(-c2ccccc2)c1-c1nccc2ccccc12. The zero-order valence-corrected chi connectivity index (χ0v) is 52.0. The first-order chi connectivity index (χ1) is 44.6. The summed E-state index contributed by atoms with van der Waals surface area (Å²) in [5, 5.41) is 49.2. The number of nitrogens with zero attached hydrogens (tertiary/aromatic N) is 15. The average Bonchev–Trinajstić information content (AvgIpc) is 1.86. The van der Waals surface area contributed by atoms with E-state index in [1.54, 1.807) is 11.8 Å². The van der Waals surface area contributed by atoms with E-state index in [2.05, 4.69) is 148 Å². The van der Waals surface area contributed by atoms with E-state index in [4.69, 9.17) is 4.74 Å². The Morgan fingerprint density at radius 2 is 0.791 bits per heavy atom. The Hall–Kier alpha value is -11.7. The van der Waals surface area contributed by atoms with Crippen LogP contribution in [0.3, 0.4) is 0 Å². The summed E-state index contributed by atoms with van der Waals surface area (Å²) in [5.41, 5.74) is 20.4. The van der Waals surface area contributed by atoms with Gasteiger partial charge in [-0.25, -0.2) is 18.7 Å². The second-order valence-corrected chi connectivity index (χ2v) is 21.4. The van der Waals surface area contributed by atoms with E-state index in [0.29, 0.717) is 6.61 Å². The maximum Gasteiger partial charge on any atom is 0.116 e. The molecular formula is C74H68N16O. The first kappa shape index (κ1) is 61.0. The maximum atomic E-state index is 5.13. The van der Waals surface area contributed by atoms with Gasteiger partial charge >= 0.3 is 0 Å². The summed E-state index contributed by atoms with van der Waals surface area (Å²) in [6, 6.07) is 81.5. The fourth-order valence-corrected chi connectivity index (χ4v) is 10.6. The Labute approximate surface area is 528 Å². The molecule has 0 saturated carbocycles. The zero-order valence-electron chi connectivity index (χ0n) is 52.0. The number of para-hydroxylation sites is 4. The molecule has 0 aliphatic heterocycles. The number of hydrogen-bond donors (Lipinski definition) is 1. The Morgan fingerprint density at radius 1 is 0.352 bits per heavy atom. The number of aromatic nitrogens is 16. The van der Waals surface area contributed by atoms with Crippen molar-refractivity contribution in [1.29, 1.82) is 0 Å². The topological polar surface area (TPSA) is 187 Å². The van der Waals surface area contributed by atoms with Crippen LogP contribution in [0.4, 0.5) is 0 Å². The van der Waals surface area contributed by atoms with Gasteiger partial charge in [-0.15, -0.1) is 20.4 Å². The van der Waals surface area contributed by atoms with Crippen LogP contribution >= 0.6 is 0 Å². The molecule has 0 aliphatic carbocycles. The summed E-state index contributed by atoms with van der Waals surface area (Å²) in [5.74, 6) is 0. The van der Waals surface area contributed by atoms with Crippen LogP contribution in [0.15, 0.2) is 249 Å². The fourth-order valence-electron chi connectivity index (χ4n) is 10.6. The number of aromatic amines is 1. The number of benzene rings is 9. The number of pyridine rings is 1. The molecule has 0 fully saturated rings. The van der Waals surface area contributed by atoms with Crippen LogP contribution in [-0.2, 0) is 11.3 Å². The summed E-state index contributed by atoms with van der Waals surface area (Å²) >= 11 is 0. The first-order valence-corrected chi connectivity index (χ1v) is 29.8. The monoisotopic (exact) mass is 1200 g/mol. The summed E-state index contributed by atoms with van der Waals surface area (Å²) < 4.78 is 12.6. The standard InChI is InChI=1S/C20H17N3.C18H14N4.C16H15N3.C11H13N3O.C9H9N3/c1-14-12-13-16-8-6-7-11-18(16)19(14)20-15(2)21-22-23(20)17-9-4-3-5-10-17;1-13-18(22(21-20-13)15-8-3-2-4-9-15)17-16-10-6-5-7-14(16)11-12-19-17;1-12-8-6-7-11-15(12)16-13(2)17-18-19(16)14-9-4-3-5-10-14;1-9-11(8-15-2)14(13-12-9)10-6-4-3-5-7-10;1-7-9(11-12-10-7)8-5-3-2-4-6-8/h3-13H,1-2H3;2-12H,1H3;3-11H,1-2H3;3-7H,8H2,1-2H3;2-6H,1H3,(H,10,11,12). The minimum atomic E-state index is 0.522. The van der Waals surface area contributed by atoms with E-state index in [0.717, 1.165) is 102 Å². The van der Waals surface area contributed by atoms with Crippen LogP contribution in [0.25, 0.3) is 89.5 Å². The molecule has 15 aromatic rings. The predicted molar refractivity (Wildman–Crippen MR) is 360 cm³/mol. The van der Waals surface area contributed by atoms with E-state index >= 15 is 0 Å². The summed E-state index contributed by atoms with van der Waals surface area (Å²) in [6.45, 7) is 14.6. The van der Waals surface area contributed by atoms with Crippen molar-refractivity contribution in [2.75, 3.05) is 7.11 Å². The van der Waals surface area contributed by atoms with Gasteiger partial charge in [0, 0.05) is 35.4 Å². The highest BCUT2D eigenvalue weighted by molar-refractivity contribution is 5.98. The Bertz CT molecular complexity index is 4800. The normalized spacial score (nSPS) is 10.7. The van der Waals surface area contributed by atoms with Crippen molar-refractivity contribution < 1.29 is 4.74 Å². The third-order valence-corrected chi connectivity index (χ3v) is 15.2. The summed E-state index contributed by atoms with van der Waals surface area (Å²) in [4.78, 5) is 4.60. The van der Waals surface area contributed by atoms with Crippen molar-refractivity contribution >= 4 is 21.5 Å². The Kier molecular flexibility index (Phi) is 19.4. The van der Waals surface area contributed by atoms with Gasteiger partial charge in [0.05, 0.1) is 80.6 Å². The first-order valence-electron chi connectivity index (χ1n) is 29.8. The smallest absolute Gasteiger partial charge is 0.116 e. The minimum Gasteiger partial charge on any atom is -0.378 e. The van der Waals surface area contributed by atoms with Crippen LogP contribution < -0.4 is 0 Å². The molecule has 0 spiro atoms.